The molecule has 0 atom stereocenters. The highest BCUT2D eigenvalue weighted by atomic mass is 19.1. The lowest BCUT2D eigenvalue weighted by Crippen LogP contribution is -2.55. The van der Waals surface area contributed by atoms with Crippen molar-refractivity contribution in [2.75, 3.05) is 12.4 Å². The second-order valence-electron chi connectivity index (χ2n) is 5.13. The molecule has 0 aromatic heterocycles. The van der Waals surface area contributed by atoms with Gasteiger partial charge in [0.2, 0.25) is 0 Å². The maximum Gasteiger partial charge on any atom is 0.319 e. The van der Waals surface area contributed by atoms with Crippen LogP contribution in [0.1, 0.15) is 25.7 Å². The topological polar surface area (TPSA) is 87.7 Å². The van der Waals surface area contributed by atoms with Crippen molar-refractivity contribution in [3.8, 4) is 5.75 Å². The lowest BCUT2D eigenvalue weighted by Gasteiger charge is -2.41. The fourth-order valence-electron chi connectivity index (χ4n) is 2.36. The first-order chi connectivity index (χ1) is 9.94. The summed E-state index contributed by atoms with van der Waals surface area (Å²) in [5.41, 5.74) is -0.748. The lowest BCUT2D eigenvalue weighted by atomic mass is 9.74. The SMILES string of the molecule is COc1ccc(F)c(NC(=O)NC2(CC(=O)O)CCC2)c1. The third kappa shape index (κ3) is 3.62. The quantitative estimate of drug-likeness (QED) is 0.778. The monoisotopic (exact) mass is 296 g/mol. The Morgan fingerprint density at radius 1 is 1.43 bits per heavy atom. The summed E-state index contributed by atoms with van der Waals surface area (Å²) < 4.78 is 18.6. The van der Waals surface area contributed by atoms with Crippen LogP contribution in [0.25, 0.3) is 0 Å². The van der Waals surface area contributed by atoms with E-state index in [1.54, 1.807) is 0 Å². The summed E-state index contributed by atoms with van der Waals surface area (Å²) in [6.45, 7) is 0. The van der Waals surface area contributed by atoms with Crippen molar-refractivity contribution in [2.45, 2.75) is 31.2 Å². The van der Waals surface area contributed by atoms with Crippen molar-refractivity contribution in [1.82, 2.24) is 5.32 Å². The van der Waals surface area contributed by atoms with E-state index in [-0.39, 0.29) is 12.1 Å². The van der Waals surface area contributed by atoms with E-state index in [2.05, 4.69) is 10.6 Å². The molecule has 3 N–H and O–H groups in total. The first-order valence-corrected chi connectivity index (χ1v) is 6.59. The molecule has 114 valence electrons. The number of carbonyl (C=O) groups is 2. The summed E-state index contributed by atoms with van der Waals surface area (Å²) in [5, 5.41) is 13.9. The van der Waals surface area contributed by atoms with Crippen LogP contribution < -0.4 is 15.4 Å². The van der Waals surface area contributed by atoms with E-state index in [9.17, 15) is 14.0 Å². The van der Waals surface area contributed by atoms with Gasteiger partial charge in [-0.05, 0) is 31.4 Å². The molecule has 0 unspecified atom stereocenters. The number of amides is 2. The molecule has 0 bridgehead atoms. The Morgan fingerprint density at radius 2 is 2.14 bits per heavy atom. The normalized spacial score (nSPS) is 15.7. The molecule has 1 saturated carbocycles. The van der Waals surface area contributed by atoms with Crippen LogP contribution in [0, 0.1) is 5.82 Å². The molecule has 1 aliphatic rings. The second kappa shape index (κ2) is 5.99. The van der Waals surface area contributed by atoms with Gasteiger partial charge in [-0.2, -0.15) is 0 Å². The number of methoxy groups -OCH3 is 1. The van der Waals surface area contributed by atoms with E-state index in [1.807, 2.05) is 0 Å². The van der Waals surface area contributed by atoms with Crippen molar-refractivity contribution in [3.05, 3.63) is 24.0 Å². The average Bonchev–Trinajstić information content (AvgIpc) is 2.38. The molecule has 1 aromatic carbocycles. The summed E-state index contributed by atoms with van der Waals surface area (Å²) in [6.07, 6.45) is 1.93. The summed E-state index contributed by atoms with van der Waals surface area (Å²) in [6, 6.07) is 3.36. The number of aliphatic carboxylic acids is 1. The van der Waals surface area contributed by atoms with Crippen molar-refractivity contribution in [3.63, 3.8) is 0 Å². The number of carbonyl (C=O) groups excluding carboxylic acids is 1. The van der Waals surface area contributed by atoms with E-state index in [0.717, 1.165) is 6.42 Å². The van der Waals surface area contributed by atoms with Crippen molar-refractivity contribution in [2.24, 2.45) is 0 Å². The molecule has 1 aromatic rings. The number of nitrogens with one attached hydrogen (secondary N) is 2. The van der Waals surface area contributed by atoms with Gasteiger partial charge < -0.3 is 20.5 Å². The molecule has 2 rings (SSSR count). The smallest absolute Gasteiger partial charge is 0.319 e. The zero-order valence-corrected chi connectivity index (χ0v) is 11.6. The first-order valence-electron chi connectivity index (χ1n) is 6.59. The number of hydrogen-bond donors (Lipinski definition) is 3. The van der Waals surface area contributed by atoms with Crippen LogP contribution in [0.3, 0.4) is 0 Å². The third-order valence-electron chi connectivity index (χ3n) is 3.60. The van der Waals surface area contributed by atoms with Crippen molar-refractivity contribution in [1.29, 1.82) is 0 Å². The molecule has 2 amide bonds. The van der Waals surface area contributed by atoms with Gasteiger partial charge in [0.05, 0.1) is 24.8 Å². The number of anilines is 1. The number of carboxylic acid groups (broad SMARTS) is 1. The minimum absolute atomic E-state index is 0.0170. The van der Waals surface area contributed by atoms with Gasteiger partial charge in [0, 0.05) is 6.07 Å². The van der Waals surface area contributed by atoms with Gasteiger partial charge in [-0.25, -0.2) is 9.18 Å². The van der Waals surface area contributed by atoms with Crippen molar-refractivity contribution >= 4 is 17.7 Å². The van der Waals surface area contributed by atoms with Crippen LogP contribution >= 0.6 is 0 Å². The molecule has 6 nitrogen and oxygen atoms in total. The molecule has 0 heterocycles. The number of hydrogen-bond acceptors (Lipinski definition) is 3. The number of ether oxygens (including phenoxy) is 1. The molecule has 1 fully saturated rings. The maximum atomic E-state index is 13.6. The minimum atomic E-state index is -0.970. The van der Waals surface area contributed by atoms with Gasteiger partial charge in [-0.15, -0.1) is 0 Å². The van der Waals surface area contributed by atoms with Crippen LogP contribution in [0.2, 0.25) is 0 Å². The van der Waals surface area contributed by atoms with Crippen LogP contribution in [-0.4, -0.2) is 29.8 Å². The van der Waals surface area contributed by atoms with Crippen LogP contribution in [0.15, 0.2) is 18.2 Å². The van der Waals surface area contributed by atoms with E-state index >= 15 is 0 Å². The van der Waals surface area contributed by atoms with Crippen LogP contribution in [-0.2, 0) is 4.79 Å². The third-order valence-corrected chi connectivity index (χ3v) is 3.60. The summed E-state index contributed by atoms with van der Waals surface area (Å²) >= 11 is 0. The van der Waals surface area contributed by atoms with E-state index in [0.29, 0.717) is 18.6 Å². The summed E-state index contributed by atoms with van der Waals surface area (Å²) in [7, 11) is 1.44. The predicted molar refractivity (Wildman–Crippen MR) is 73.9 cm³/mol. The number of benzene rings is 1. The van der Waals surface area contributed by atoms with Crippen molar-refractivity contribution < 1.29 is 23.8 Å². The van der Waals surface area contributed by atoms with Gasteiger partial charge >= 0.3 is 12.0 Å². The predicted octanol–water partition coefficient (Wildman–Crippen LogP) is 2.35. The molecule has 0 radical (unpaired) electrons. The zero-order chi connectivity index (χ0) is 15.5. The average molecular weight is 296 g/mol. The van der Waals surface area contributed by atoms with Crippen LogP contribution in [0.5, 0.6) is 5.75 Å². The van der Waals surface area contributed by atoms with Gasteiger partial charge in [0.1, 0.15) is 11.6 Å². The summed E-state index contributed by atoms with van der Waals surface area (Å²) in [4.78, 5) is 22.8. The molecule has 0 saturated heterocycles. The Kier molecular flexibility index (Phi) is 4.30. The highest BCUT2D eigenvalue weighted by Crippen LogP contribution is 2.35. The highest BCUT2D eigenvalue weighted by molar-refractivity contribution is 5.90. The molecule has 0 spiro atoms. The molecule has 0 aliphatic heterocycles. The number of halogens is 1. The maximum absolute atomic E-state index is 13.6. The fourth-order valence-corrected chi connectivity index (χ4v) is 2.36. The van der Waals surface area contributed by atoms with E-state index in [1.165, 1.54) is 25.3 Å². The van der Waals surface area contributed by atoms with Gasteiger partial charge in [0.25, 0.3) is 0 Å². The Balaban J connectivity index is 2.03. The van der Waals surface area contributed by atoms with Gasteiger partial charge in [-0.1, -0.05) is 0 Å². The molecule has 21 heavy (non-hydrogen) atoms. The molecular weight excluding hydrogens is 279 g/mol. The number of urea groups is 1. The Hall–Kier alpha value is -2.31. The first kappa shape index (κ1) is 15.1. The van der Waals surface area contributed by atoms with Gasteiger partial charge in [-0.3, -0.25) is 4.79 Å². The number of rotatable bonds is 5. The summed E-state index contributed by atoms with van der Waals surface area (Å²) in [5.74, 6) is -1.15. The van der Waals surface area contributed by atoms with Gasteiger partial charge in [0.15, 0.2) is 0 Å². The lowest BCUT2D eigenvalue weighted by molar-refractivity contribution is -0.139. The highest BCUT2D eigenvalue weighted by Gasteiger charge is 2.40. The van der Waals surface area contributed by atoms with Crippen LogP contribution in [0.4, 0.5) is 14.9 Å². The molecule has 7 heteroatoms. The standard InChI is InChI=1S/C14H17FN2O4/c1-21-9-3-4-10(15)11(7-9)16-13(20)17-14(5-2-6-14)8-12(18)19/h3-4,7H,2,5-6,8H2,1H3,(H,18,19)(H2,16,17,20). The second-order valence-corrected chi connectivity index (χ2v) is 5.13. The Labute approximate surface area is 121 Å². The number of carboxylic acids is 1. The minimum Gasteiger partial charge on any atom is -0.497 e. The zero-order valence-electron chi connectivity index (χ0n) is 11.6. The Bertz CT molecular complexity index is 558. The largest absolute Gasteiger partial charge is 0.497 e. The molecule has 1 aliphatic carbocycles. The Morgan fingerprint density at radius 3 is 2.67 bits per heavy atom. The molecular formula is C14H17FN2O4. The fraction of sp³-hybridized carbons (Fsp3) is 0.429. The van der Waals surface area contributed by atoms with E-state index < -0.39 is 23.4 Å². The van der Waals surface area contributed by atoms with E-state index in [4.69, 9.17) is 9.84 Å².